The van der Waals surface area contributed by atoms with E-state index in [0.717, 1.165) is 33.4 Å². The summed E-state index contributed by atoms with van der Waals surface area (Å²) in [6.45, 7) is -0.0136. The largest absolute Gasteiger partial charge is 0.503 e. The molecular weight excluding hydrogens is 651 g/mol. The first-order valence-corrected chi connectivity index (χ1v) is 16.0. The molecule has 2 atom stereocenters. The summed E-state index contributed by atoms with van der Waals surface area (Å²) >= 11 is 3.75. The SMILES string of the molecule is Nc1nc(/C(=N/OCc2cc(=O)c(O)cn2O)C(=O)N[C@@H]2C(=O)N3C(C(=O)O)=C(CSc4cc[n+](CCO)cc4)CS[C@H]23)cs1. The second kappa shape index (κ2) is 13.6. The maximum absolute atomic E-state index is 13.3. The molecule has 1 saturated heterocycles. The van der Waals surface area contributed by atoms with Crippen LogP contribution in [0.25, 0.3) is 0 Å². The van der Waals surface area contributed by atoms with E-state index in [1.165, 1.54) is 28.9 Å². The molecule has 19 heteroatoms. The Hall–Kier alpha value is -4.59. The van der Waals surface area contributed by atoms with Crippen molar-refractivity contribution in [2.45, 2.75) is 29.5 Å². The number of thioether (sulfide) groups is 2. The van der Waals surface area contributed by atoms with Gasteiger partial charge in [-0.15, -0.1) is 34.9 Å². The van der Waals surface area contributed by atoms with Crippen LogP contribution in [-0.4, -0.2) is 88.2 Å². The molecule has 5 heterocycles. The van der Waals surface area contributed by atoms with Crippen molar-refractivity contribution in [3.8, 4) is 5.75 Å². The fraction of sp³-hybridized carbons (Fsp3) is 0.269. The highest BCUT2D eigenvalue weighted by atomic mass is 32.2. The molecule has 7 N–H and O–H groups in total. The molecule has 2 amide bonds. The Morgan fingerprint density at radius 3 is 2.71 bits per heavy atom. The molecule has 0 radical (unpaired) electrons. The van der Waals surface area contributed by atoms with Crippen molar-refractivity contribution in [3.05, 3.63) is 75.1 Å². The Morgan fingerprint density at radius 1 is 1.29 bits per heavy atom. The minimum absolute atomic E-state index is 0.00691. The Bertz CT molecular complexity index is 1760. The van der Waals surface area contributed by atoms with E-state index in [1.807, 2.05) is 29.1 Å². The summed E-state index contributed by atoms with van der Waals surface area (Å²) in [6, 6.07) is 3.56. The molecule has 5 rings (SSSR count). The number of hydrogen-bond acceptors (Lipinski definition) is 14. The summed E-state index contributed by atoms with van der Waals surface area (Å²) in [7, 11) is 0. The number of nitrogens with one attached hydrogen (secondary N) is 1. The van der Waals surface area contributed by atoms with Gasteiger partial charge in [-0.3, -0.25) is 19.3 Å². The van der Waals surface area contributed by atoms with Gasteiger partial charge in [0.15, 0.2) is 42.1 Å². The number of aliphatic carboxylic acids is 1. The number of aromatic nitrogens is 3. The van der Waals surface area contributed by atoms with Crippen molar-refractivity contribution in [1.82, 2.24) is 19.9 Å². The van der Waals surface area contributed by atoms with Crippen molar-refractivity contribution in [2.75, 3.05) is 23.8 Å². The van der Waals surface area contributed by atoms with E-state index in [2.05, 4.69) is 15.5 Å². The van der Waals surface area contributed by atoms with Gasteiger partial charge in [0, 0.05) is 40.0 Å². The number of carbonyl (C=O) groups is 3. The van der Waals surface area contributed by atoms with E-state index in [9.17, 15) is 34.6 Å². The van der Waals surface area contributed by atoms with Gasteiger partial charge >= 0.3 is 5.97 Å². The van der Waals surface area contributed by atoms with E-state index >= 15 is 0 Å². The zero-order valence-corrected chi connectivity index (χ0v) is 25.5. The van der Waals surface area contributed by atoms with Gasteiger partial charge in [-0.2, -0.15) is 4.73 Å². The van der Waals surface area contributed by atoms with E-state index in [0.29, 0.717) is 28.4 Å². The normalized spacial score (nSPS) is 17.9. The van der Waals surface area contributed by atoms with Crippen molar-refractivity contribution >= 4 is 63.5 Å². The van der Waals surface area contributed by atoms with Gasteiger partial charge in [-0.05, 0) is 5.57 Å². The van der Waals surface area contributed by atoms with Crippen LogP contribution in [0.2, 0.25) is 0 Å². The van der Waals surface area contributed by atoms with Crippen molar-refractivity contribution < 1.29 is 44.3 Å². The number of hydrogen-bond donors (Lipinski definition) is 6. The first-order chi connectivity index (χ1) is 21.6. The number of carboxylic acid groups (broad SMARTS) is 1. The number of nitrogens with two attached hydrogens (primary N) is 1. The second-order valence-corrected chi connectivity index (χ2v) is 12.6. The number of aliphatic hydroxyl groups is 1. The molecule has 236 valence electrons. The van der Waals surface area contributed by atoms with Crippen LogP contribution in [0.1, 0.15) is 11.4 Å². The molecule has 0 unspecified atom stereocenters. The summed E-state index contributed by atoms with van der Waals surface area (Å²) in [6.07, 6.45) is 4.39. The average Bonchev–Trinajstić information content (AvgIpc) is 3.45. The molecule has 3 aromatic rings. The number of nitrogen functional groups attached to an aromatic ring is 1. The number of amides is 2. The highest BCUT2D eigenvalue weighted by Crippen LogP contribution is 2.41. The van der Waals surface area contributed by atoms with Gasteiger partial charge in [0.2, 0.25) is 5.43 Å². The zero-order chi connectivity index (χ0) is 32.2. The van der Waals surface area contributed by atoms with Crippen molar-refractivity contribution in [2.24, 2.45) is 5.16 Å². The Balaban J connectivity index is 1.29. The molecule has 0 spiro atoms. The third-order valence-corrected chi connectivity index (χ3v) is 9.72. The average molecular weight is 677 g/mol. The predicted octanol–water partition coefficient (Wildman–Crippen LogP) is -0.438. The number of aliphatic hydroxyl groups excluding tert-OH is 1. The molecular formula is C26H26N7O9S3+. The third kappa shape index (κ3) is 6.90. The summed E-state index contributed by atoms with van der Waals surface area (Å²) in [5.74, 6) is -2.76. The summed E-state index contributed by atoms with van der Waals surface area (Å²) < 4.78 is 2.28. The quantitative estimate of drug-likeness (QED) is 0.0357. The topological polar surface area (TPSA) is 234 Å². The van der Waals surface area contributed by atoms with Crippen molar-refractivity contribution in [3.63, 3.8) is 0 Å². The maximum atomic E-state index is 13.3. The predicted molar refractivity (Wildman–Crippen MR) is 162 cm³/mol. The molecule has 2 aliphatic heterocycles. The molecule has 3 aromatic heterocycles. The lowest BCUT2D eigenvalue weighted by Crippen LogP contribution is -2.71. The molecule has 0 saturated carbocycles. The van der Waals surface area contributed by atoms with E-state index < -0.39 is 47.0 Å². The van der Waals surface area contributed by atoms with Crippen LogP contribution >= 0.6 is 34.9 Å². The zero-order valence-electron chi connectivity index (χ0n) is 23.1. The van der Waals surface area contributed by atoms with Gasteiger partial charge in [-0.25, -0.2) is 14.3 Å². The molecule has 0 aromatic carbocycles. The fourth-order valence-electron chi connectivity index (χ4n) is 4.40. The van der Waals surface area contributed by atoms with Crippen LogP contribution in [0.3, 0.4) is 0 Å². The van der Waals surface area contributed by atoms with Gasteiger partial charge in [0.05, 0.1) is 6.20 Å². The van der Waals surface area contributed by atoms with Gasteiger partial charge in [-0.1, -0.05) is 5.16 Å². The maximum Gasteiger partial charge on any atom is 0.352 e. The first kappa shape index (κ1) is 31.8. The molecule has 16 nitrogen and oxygen atoms in total. The van der Waals surface area contributed by atoms with Crippen LogP contribution in [0.5, 0.6) is 5.75 Å². The lowest BCUT2D eigenvalue weighted by molar-refractivity contribution is -0.698. The molecule has 45 heavy (non-hydrogen) atoms. The molecule has 0 aliphatic carbocycles. The highest BCUT2D eigenvalue weighted by Gasteiger charge is 2.54. The molecule has 0 bridgehead atoms. The van der Waals surface area contributed by atoms with Crippen molar-refractivity contribution in [1.29, 1.82) is 0 Å². The van der Waals surface area contributed by atoms with Gasteiger partial charge < -0.3 is 36.4 Å². The lowest BCUT2D eigenvalue weighted by atomic mass is 10.0. The van der Waals surface area contributed by atoms with Crippen LogP contribution in [-0.2, 0) is 32.4 Å². The number of aromatic hydroxyl groups is 1. The van der Waals surface area contributed by atoms with Gasteiger partial charge in [0.1, 0.15) is 35.1 Å². The molecule has 1 fully saturated rings. The standard InChI is InChI=1S/C26H25N7O9S3/c27-26-28-16(12-45-26)19(30-42-9-14-7-17(35)18(36)8-32(14)41)22(37)29-20-23(38)33-21(25(39)40)13(11-44-24(20)33)10-43-15-1-3-31(4-2-15)5-6-34/h1-4,7-8,12,20,24,34,41H,5-6,9-11H2,(H4-,27,28,29,36,37,39,40)/p+1/b30-19-/t20-,24-/m1/s1. The van der Waals surface area contributed by atoms with Crippen LogP contribution in [0.4, 0.5) is 5.13 Å². The van der Waals surface area contributed by atoms with Gasteiger partial charge in [0.25, 0.3) is 11.8 Å². The minimum atomic E-state index is -1.26. The van der Waals surface area contributed by atoms with E-state index in [-0.39, 0.29) is 34.5 Å². The number of pyridine rings is 2. The van der Waals surface area contributed by atoms with Crippen LogP contribution in [0.15, 0.2) is 68.3 Å². The Labute approximate surface area is 266 Å². The van der Waals surface area contributed by atoms with E-state index in [1.54, 1.807) is 0 Å². The number of β-lactam (4-membered cyclic amide) rings is 1. The number of fused-ring (bicyclic) bond motifs is 1. The fourth-order valence-corrected chi connectivity index (χ4v) is 7.32. The van der Waals surface area contributed by atoms with E-state index in [4.69, 9.17) is 15.7 Å². The number of anilines is 1. The smallest absolute Gasteiger partial charge is 0.352 e. The number of oxime groups is 1. The Kier molecular flexibility index (Phi) is 9.61. The number of thiazole rings is 1. The summed E-state index contributed by atoms with van der Waals surface area (Å²) in [5, 5.41) is 45.7. The minimum Gasteiger partial charge on any atom is -0.503 e. The highest BCUT2D eigenvalue weighted by molar-refractivity contribution is 8.01. The second-order valence-electron chi connectivity index (χ2n) is 9.55. The molecule has 2 aliphatic rings. The summed E-state index contributed by atoms with van der Waals surface area (Å²) in [5.41, 5.74) is 4.99. The first-order valence-electron chi connectivity index (χ1n) is 13.1. The number of carbonyl (C=O) groups excluding carboxylic acids is 2. The summed E-state index contributed by atoms with van der Waals surface area (Å²) in [4.78, 5) is 61.8. The third-order valence-electron chi connectivity index (χ3n) is 6.61. The van der Waals surface area contributed by atoms with Crippen LogP contribution in [0, 0.1) is 0 Å². The lowest BCUT2D eigenvalue weighted by Gasteiger charge is -2.49. The number of nitrogens with zero attached hydrogens (tertiary/aromatic N) is 5. The Morgan fingerprint density at radius 2 is 2.04 bits per heavy atom. The number of rotatable bonds is 12. The van der Waals surface area contributed by atoms with Crippen LogP contribution < -0.4 is 21.0 Å². The monoisotopic (exact) mass is 676 g/mol. The number of carboxylic acids is 1.